The van der Waals surface area contributed by atoms with Gasteiger partial charge in [0.1, 0.15) is 0 Å². The lowest BCUT2D eigenvalue weighted by Gasteiger charge is -2.34. The van der Waals surface area contributed by atoms with Gasteiger partial charge in [-0.15, -0.1) is 12.4 Å². The molecule has 1 aromatic carbocycles. The van der Waals surface area contributed by atoms with Gasteiger partial charge in [0.2, 0.25) is 0 Å². The molecule has 1 atom stereocenters. The van der Waals surface area contributed by atoms with E-state index < -0.39 is 0 Å². The normalized spacial score (nSPS) is 24.0. The number of fused-ring (bicyclic) bond motifs is 1. The van der Waals surface area contributed by atoms with Crippen molar-refractivity contribution in [3.8, 4) is 0 Å². The van der Waals surface area contributed by atoms with Crippen molar-refractivity contribution in [2.75, 3.05) is 19.6 Å². The van der Waals surface area contributed by atoms with Crippen LogP contribution in [0.1, 0.15) is 41.3 Å². The van der Waals surface area contributed by atoms with Crippen LogP contribution < -0.4 is 10.6 Å². The molecular weight excluding hydrogens is 288 g/mol. The van der Waals surface area contributed by atoms with Crippen molar-refractivity contribution >= 4 is 18.3 Å². The lowest BCUT2D eigenvalue weighted by Crippen LogP contribution is -2.45. The maximum absolute atomic E-state index is 12.3. The van der Waals surface area contributed by atoms with Crippen molar-refractivity contribution in [1.29, 1.82) is 0 Å². The summed E-state index contributed by atoms with van der Waals surface area (Å²) in [7, 11) is 0. The molecule has 0 aliphatic carbocycles. The number of nitrogens with one attached hydrogen (secondary N) is 2. The van der Waals surface area contributed by atoms with Gasteiger partial charge in [0.15, 0.2) is 0 Å². The summed E-state index contributed by atoms with van der Waals surface area (Å²) in [6.45, 7) is 6.32. The number of carbonyl (C=O) groups excluding carboxylic acids is 1. The molecule has 1 amide bonds. The van der Waals surface area contributed by atoms with Gasteiger partial charge in [-0.3, -0.25) is 4.79 Å². The number of rotatable bonds is 3. The molecule has 1 saturated heterocycles. The van der Waals surface area contributed by atoms with E-state index in [-0.39, 0.29) is 23.7 Å². The highest BCUT2D eigenvalue weighted by atomic mass is 35.5. The van der Waals surface area contributed by atoms with E-state index >= 15 is 0 Å². The Bertz CT molecular complexity index is 513. The number of hydrogen-bond acceptors (Lipinski definition) is 3. The van der Waals surface area contributed by atoms with Crippen molar-refractivity contribution in [2.24, 2.45) is 5.41 Å². The third-order valence-electron chi connectivity index (χ3n) is 4.34. The van der Waals surface area contributed by atoms with E-state index in [2.05, 4.69) is 17.6 Å². The quantitative estimate of drug-likeness (QED) is 0.900. The molecule has 0 aromatic heterocycles. The molecule has 2 N–H and O–H groups in total. The summed E-state index contributed by atoms with van der Waals surface area (Å²) in [5.74, 6) is 0.0199. The van der Waals surface area contributed by atoms with Crippen molar-refractivity contribution in [2.45, 2.75) is 33.0 Å². The SMILES string of the molecule is CC1(CNC(=O)c2ccc3c(c2)COC3)CCCNC1.Cl. The van der Waals surface area contributed by atoms with E-state index in [1.807, 2.05) is 18.2 Å². The van der Waals surface area contributed by atoms with Gasteiger partial charge in [0.25, 0.3) is 5.91 Å². The fourth-order valence-corrected chi connectivity index (χ4v) is 2.98. The van der Waals surface area contributed by atoms with Gasteiger partial charge < -0.3 is 15.4 Å². The molecule has 5 heteroatoms. The molecule has 3 rings (SSSR count). The first-order valence-corrected chi connectivity index (χ1v) is 7.35. The van der Waals surface area contributed by atoms with Crippen LogP contribution in [0.3, 0.4) is 0 Å². The maximum atomic E-state index is 12.3. The van der Waals surface area contributed by atoms with Crippen molar-refractivity contribution < 1.29 is 9.53 Å². The first kappa shape index (κ1) is 16.3. The zero-order chi connectivity index (χ0) is 14.0. The van der Waals surface area contributed by atoms with Crippen LogP contribution in [-0.4, -0.2) is 25.5 Å². The van der Waals surface area contributed by atoms with E-state index in [0.717, 1.165) is 37.2 Å². The molecular formula is C16H23ClN2O2. The van der Waals surface area contributed by atoms with Crippen LogP contribution in [0.2, 0.25) is 0 Å². The minimum absolute atomic E-state index is 0. The lowest BCUT2D eigenvalue weighted by molar-refractivity contribution is 0.0924. The highest BCUT2D eigenvalue weighted by Crippen LogP contribution is 2.25. The fourth-order valence-electron chi connectivity index (χ4n) is 2.98. The zero-order valence-corrected chi connectivity index (χ0v) is 13.2. The van der Waals surface area contributed by atoms with Crippen molar-refractivity contribution in [3.63, 3.8) is 0 Å². The van der Waals surface area contributed by atoms with Crippen molar-refractivity contribution in [3.05, 3.63) is 34.9 Å². The summed E-state index contributed by atoms with van der Waals surface area (Å²) in [6.07, 6.45) is 2.35. The third-order valence-corrected chi connectivity index (χ3v) is 4.34. The van der Waals surface area contributed by atoms with Crippen LogP contribution >= 0.6 is 12.4 Å². The first-order valence-electron chi connectivity index (χ1n) is 7.35. The smallest absolute Gasteiger partial charge is 0.251 e. The number of hydrogen-bond donors (Lipinski definition) is 2. The Morgan fingerprint density at radius 3 is 2.95 bits per heavy atom. The molecule has 4 nitrogen and oxygen atoms in total. The topological polar surface area (TPSA) is 50.4 Å². The number of piperidine rings is 1. The standard InChI is InChI=1S/C16H22N2O2.ClH/c1-16(5-2-6-17-10-16)11-18-15(19)12-3-4-13-8-20-9-14(13)7-12;/h3-4,7,17H,2,5-6,8-11H2,1H3,(H,18,19);1H. The molecule has 1 aromatic rings. The Labute approximate surface area is 132 Å². The van der Waals surface area contributed by atoms with Crippen LogP contribution in [0, 0.1) is 5.41 Å². The van der Waals surface area contributed by atoms with Crippen LogP contribution in [-0.2, 0) is 18.0 Å². The van der Waals surface area contributed by atoms with Crippen LogP contribution in [0.4, 0.5) is 0 Å². The Morgan fingerprint density at radius 1 is 1.38 bits per heavy atom. The van der Waals surface area contributed by atoms with E-state index in [1.165, 1.54) is 12.0 Å². The van der Waals surface area contributed by atoms with Gasteiger partial charge >= 0.3 is 0 Å². The number of carbonyl (C=O) groups is 1. The third kappa shape index (κ3) is 3.76. The van der Waals surface area contributed by atoms with Crippen LogP contribution in [0.25, 0.3) is 0 Å². The highest BCUT2D eigenvalue weighted by Gasteiger charge is 2.27. The number of benzene rings is 1. The monoisotopic (exact) mass is 310 g/mol. The molecule has 1 fully saturated rings. The maximum Gasteiger partial charge on any atom is 0.251 e. The average Bonchev–Trinajstić information content (AvgIpc) is 2.93. The number of amides is 1. The largest absolute Gasteiger partial charge is 0.372 e. The van der Waals surface area contributed by atoms with Gasteiger partial charge in [-0.05, 0) is 48.1 Å². The highest BCUT2D eigenvalue weighted by molar-refractivity contribution is 5.94. The summed E-state index contributed by atoms with van der Waals surface area (Å²) in [6, 6.07) is 5.85. The lowest BCUT2D eigenvalue weighted by atomic mass is 9.83. The molecule has 0 saturated carbocycles. The Morgan fingerprint density at radius 2 is 2.19 bits per heavy atom. The van der Waals surface area contributed by atoms with Crippen LogP contribution in [0.5, 0.6) is 0 Å². The molecule has 1 unspecified atom stereocenters. The van der Waals surface area contributed by atoms with Gasteiger partial charge in [-0.1, -0.05) is 13.0 Å². The van der Waals surface area contributed by atoms with E-state index in [0.29, 0.717) is 13.2 Å². The van der Waals surface area contributed by atoms with Crippen molar-refractivity contribution in [1.82, 2.24) is 10.6 Å². The second kappa shape index (κ2) is 6.77. The Balaban J connectivity index is 0.00000161. The zero-order valence-electron chi connectivity index (χ0n) is 12.4. The van der Waals surface area contributed by atoms with Crippen LogP contribution in [0.15, 0.2) is 18.2 Å². The first-order chi connectivity index (χ1) is 9.66. The minimum atomic E-state index is 0. The molecule has 0 radical (unpaired) electrons. The summed E-state index contributed by atoms with van der Waals surface area (Å²) in [5, 5.41) is 6.49. The summed E-state index contributed by atoms with van der Waals surface area (Å²) in [4.78, 5) is 12.3. The van der Waals surface area contributed by atoms with Gasteiger partial charge in [-0.25, -0.2) is 0 Å². The van der Waals surface area contributed by atoms with E-state index in [9.17, 15) is 4.79 Å². The average molecular weight is 311 g/mol. The summed E-state index contributed by atoms with van der Waals surface area (Å²) < 4.78 is 5.38. The van der Waals surface area contributed by atoms with Gasteiger partial charge in [0, 0.05) is 18.7 Å². The molecule has 2 heterocycles. The number of halogens is 1. The van der Waals surface area contributed by atoms with Gasteiger partial charge in [-0.2, -0.15) is 0 Å². The molecule has 21 heavy (non-hydrogen) atoms. The second-order valence-corrected chi connectivity index (χ2v) is 6.25. The molecule has 116 valence electrons. The molecule has 2 aliphatic rings. The molecule has 0 bridgehead atoms. The summed E-state index contributed by atoms with van der Waals surface area (Å²) >= 11 is 0. The van der Waals surface area contributed by atoms with Gasteiger partial charge in [0.05, 0.1) is 13.2 Å². The Hall–Kier alpha value is -1.10. The minimum Gasteiger partial charge on any atom is -0.372 e. The number of ether oxygens (including phenoxy) is 1. The predicted molar refractivity (Wildman–Crippen MR) is 84.7 cm³/mol. The Kier molecular flexibility index (Phi) is 5.25. The van der Waals surface area contributed by atoms with E-state index in [1.54, 1.807) is 0 Å². The van der Waals surface area contributed by atoms with E-state index in [4.69, 9.17) is 4.74 Å². The fraction of sp³-hybridized carbons (Fsp3) is 0.562. The second-order valence-electron chi connectivity index (χ2n) is 6.25. The summed E-state index contributed by atoms with van der Waals surface area (Å²) in [5.41, 5.74) is 3.25. The molecule has 2 aliphatic heterocycles. The predicted octanol–water partition coefficient (Wildman–Crippen LogP) is 2.26. The molecule has 0 spiro atoms.